The van der Waals surface area contributed by atoms with Crippen molar-refractivity contribution in [3.8, 4) is 0 Å². The highest BCUT2D eigenvalue weighted by Crippen LogP contribution is 2.18. The zero-order valence-corrected chi connectivity index (χ0v) is 11.9. The van der Waals surface area contributed by atoms with E-state index >= 15 is 0 Å². The normalized spacial score (nSPS) is 10.3. The summed E-state index contributed by atoms with van der Waals surface area (Å²) >= 11 is 0. The number of nitrogens with zero attached hydrogens (tertiary/aromatic N) is 1. The topological polar surface area (TPSA) is 29.5 Å². The molecule has 0 aliphatic rings. The molecule has 0 saturated carbocycles. The summed E-state index contributed by atoms with van der Waals surface area (Å²) in [6.45, 7) is 0.552. The molecule has 0 unspecified atom stereocenters. The third-order valence-electron chi connectivity index (χ3n) is 3.03. The number of carbonyl (C=O) groups is 1. The lowest BCUT2D eigenvalue weighted by Crippen LogP contribution is -2.16. The third kappa shape index (κ3) is 3.68. The second-order valence-electron chi connectivity index (χ2n) is 4.81. The van der Waals surface area contributed by atoms with E-state index in [2.05, 4.69) is 0 Å². The fourth-order valence-electron chi connectivity index (χ4n) is 2.01. The summed E-state index contributed by atoms with van der Waals surface area (Å²) in [5, 5.41) is 0. The van der Waals surface area contributed by atoms with Crippen LogP contribution in [-0.4, -0.2) is 26.5 Å². The first-order valence-corrected chi connectivity index (χ1v) is 6.59. The van der Waals surface area contributed by atoms with Crippen LogP contribution in [0.1, 0.15) is 15.9 Å². The van der Waals surface area contributed by atoms with Crippen LogP contribution >= 0.6 is 0 Å². The molecule has 3 nitrogen and oxygen atoms in total. The van der Waals surface area contributed by atoms with E-state index in [0.29, 0.717) is 12.2 Å². The Morgan fingerprint density at radius 2 is 1.65 bits per heavy atom. The maximum Gasteiger partial charge on any atom is 0.190 e. The van der Waals surface area contributed by atoms with Crippen molar-refractivity contribution < 1.29 is 9.53 Å². The lowest BCUT2D eigenvalue weighted by molar-refractivity contribution is 0.0727. The Bertz CT molecular complexity index is 564. The van der Waals surface area contributed by atoms with Gasteiger partial charge in [0.1, 0.15) is 6.61 Å². The molecule has 2 aromatic rings. The third-order valence-corrected chi connectivity index (χ3v) is 3.03. The number of ether oxygens (including phenoxy) is 1. The fraction of sp³-hybridized carbons (Fsp3) is 0.235. The van der Waals surface area contributed by atoms with Crippen molar-refractivity contribution >= 4 is 11.5 Å². The molecule has 20 heavy (non-hydrogen) atoms. The second-order valence-corrected chi connectivity index (χ2v) is 4.81. The lowest BCUT2D eigenvalue weighted by Gasteiger charge is -2.16. The molecule has 0 saturated heterocycles. The highest BCUT2D eigenvalue weighted by Gasteiger charge is 2.12. The molecule has 0 bridgehead atoms. The average molecular weight is 269 g/mol. The molecule has 104 valence electrons. The van der Waals surface area contributed by atoms with Crippen molar-refractivity contribution in [1.82, 2.24) is 0 Å². The minimum Gasteiger partial charge on any atom is -0.377 e. The van der Waals surface area contributed by atoms with Gasteiger partial charge in [-0.2, -0.15) is 0 Å². The number of anilines is 1. The van der Waals surface area contributed by atoms with E-state index in [1.54, 1.807) is 0 Å². The summed E-state index contributed by atoms with van der Waals surface area (Å²) in [6.07, 6.45) is 0. The number of ketones is 1. The van der Waals surface area contributed by atoms with Gasteiger partial charge >= 0.3 is 0 Å². The van der Waals surface area contributed by atoms with E-state index < -0.39 is 0 Å². The number of para-hydroxylation sites is 1. The highest BCUT2D eigenvalue weighted by atomic mass is 16.5. The zero-order chi connectivity index (χ0) is 14.4. The molecule has 0 aliphatic carbocycles. The van der Waals surface area contributed by atoms with Crippen molar-refractivity contribution in [2.75, 3.05) is 25.6 Å². The van der Waals surface area contributed by atoms with Crippen molar-refractivity contribution in [3.63, 3.8) is 0 Å². The van der Waals surface area contributed by atoms with Crippen LogP contribution in [0.25, 0.3) is 0 Å². The maximum atomic E-state index is 12.2. The van der Waals surface area contributed by atoms with Crippen LogP contribution in [0.3, 0.4) is 0 Å². The SMILES string of the molecule is CN(C)c1ccccc1C(=O)COCc1ccccc1. The largest absolute Gasteiger partial charge is 0.377 e. The number of hydrogen-bond acceptors (Lipinski definition) is 3. The fourth-order valence-corrected chi connectivity index (χ4v) is 2.01. The molecule has 2 aromatic carbocycles. The summed E-state index contributed by atoms with van der Waals surface area (Å²) < 4.78 is 5.50. The zero-order valence-electron chi connectivity index (χ0n) is 11.9. The first kappa shape index (κ1) is 14.3. The Morgan fingerprint density at radius 1 is 1.00 bits per heavy atom. The van der Waals surface area contributed by atoms with E-state index in [9.17, 15) is 4.79 Å². The smallest absolute Gasteiger partial charge is 0.190 e. The number of Topliss-reactive ketones (excluding diaryl/α,β-unsaturated/α-hetero) is 1. The van der Waals surface area contributed by atoms with E-state index in [-0.39, 0.29) is 12.4 Å². The Morgan fingerprint density at radius 3 is 2.35 bits per heavy atom. The van der Waals surface area contributed by atoms with Gasteiger partial charge in [0.2, 0.25) is 0 Å². The summed E-state index contributed by atoms with van der Waals surface area (Å²) in [5.74, 6) is 0.00484. The van der Waals surface area contributed by atoms with Crippen LogP contribution in [-0.2, 0) is 11.3 Å². The van der Waals surface area contributed by atoms with E-state index in [4.69, 9.17) is 4.74 Å². The molecule has 0 heterocycles. The monoisotopic (exact) mass is 269 g/mol. The molecule has 0 N–H and O–H groups in total. The van der Waals surface area contributed by atoms with Crippen LogP contribution < -0.4 is 4.90 Å². The van der Waals surface area contributed by atoms with Gasteiger partial charge in [-0.1, -0.05) is 42.5 Å². The highest BCUT2D eigenvalue weighted by molar-refractivity contribution is 6.02. The molecule has 0 fully saturated rings. The molecule has 0 radical (unpaired) electrons. The Kier molecular flexibility index (Phi) is 4.91. The van der Waals surface area contributed by atoms with Crippen LogP contribution in [0.5, 0.6) is 0 Å². The summed E-state index contributed by atoms with van der Waals surface area (Å²) in [5.41, 5.74) is 2.69. The summed E-state index contributed by atoms with van der Waals surface area (Å²) in [4.78, 5) is 14.1. The number of hydrogen-bond donors (Lipinski definition) is 0. The van der Waals surface area contributed by atoms with Crippen LogP contribution in [0.4, 0.5) is 5.69 Å². The standard InChI is InChI=1S/C17H19NO2/c1-18(2)16-11-7-6-10-15(16)17(19)13-20-12-14-8-4-3-5-9-14/h3-11H,12-13H2,1-2H3. The number of benzene rings is 2. The van der Waals surface area contributed by atoms with Crippen molar-refractivity contribution in [2.24, 2.45) is 0 Å². The predicted molar refractivity (Wildman–Crippen MR) is 81.2 cm³/mol. The molecular weight excluding hydrogens is 250 g/mol. The molecule has 0 atom stereocenters. The predicted octanol–water partition coefficient (Wildman–Crippen LogP) is 3.15. The summed E-state index contributed by atoms with van der Waals surface area (Å²) in [7, 11) is 3.86. The van der Waals surface area contributed by atoms with Gasteiger partial charge in [-0.05, 0) is 17.7 Å². The molecule has 0 spiro atoms. The van der Waals surface area contributed by atoms with E-state index in [1.807, 2.05) is 73.6 Å². The Balaban J connectivity index is 1.96. The Labute approximate surface area is 119 Å². The maximum absolute atomic E-state index is 12.2. The quantitative estimate of drug-likeness (QED) is 0.754. The van der Waals surface area contributed by atoms with Crippen molar-refractivity contribution in [3.05, 3.63) is 65.7 Å². The van der Waals surface area contributed by atoms with Gasteiger partial charge in [0.25, 0.3) is 0 Å². The average Bonchev–Trinajstić information content (AvgIpc) is 2.48. The van der Waals surface area contributed by atoms with Gasteiger partial charge < -0.3 is 9.64 Å². The van der Waals surface area contributed by atoms with E-state index in [1.165, 1.54) is 0 Å². The van der Waals surface area contributed by atoms with Crippen molar-refractivity contribution in [1.29, 1.82) is 0 Å². The molecule has 0 aromatic heterocycles. The minimum absolute atomic E-state index is 0.00484. The second kappa shape index (κ2) is 6.87. The van der Waals surface area contributed by atoms with Crippen molar-refractivity contribution in [2.45, 2.75) is 6.61 Å². The lowest BCUT2D eigenvalue weighted by atomic mass is 10.1. The molecule has 0 amide bonds. The van der Waals surface area contributed by atoms with E-state index in [0.717, 1.165) is 11.3 Å². The van der Waals surface area contributed by atoms with Gasteiger partial charge in [0.15, 0.2) is 5.78 Å². The van der Waals surface area contributed by atoms with Gasteiger partial charge in [0, 0.05) is 25.3 Å². The number of rotatable bonds is 6. The number of carbonyl (C=O) groups excluding carboxylic acids is 1. The van der Waals surface area contributed by atoms with Gasteiger partial charge in [-0.15, -0.1) is 0 Å². The molecule has 3 heteroatoms. The Hall–Kier alpha value is -2.13. The molecular formula is C17H19NO2. The molecule has 0 aliphatic heterocycles. The molecule has 2 rings (SSSR count). The first-order chi connectivity index (χ1) is 9.68. The van der Waals surface area contributed by atoms with Gasteiger partial charge in [-0.25, -0.2) is 0 Å². The summed E-state index contributed by atoms with van der Waals surface area (Å²) in [6, 6.07) is 17.4. The van der Waals surface area contributed by atoms with Crippen LogP contribution in [0, 0.1) is 0 Å². The van der Waals surface area contributed by atoms with Gasteiger partial charge in [0.05, 0.1) is 6.61 Å². The minimum atomic E-state index is 0.00484. The van der Waals surface area contributed by atoms with Gasteiger partial charge in [-0.3, -0.25) is 4.79 Å². The first-order valence-electron chi connectivity index (χ1n) is 6.59. The van der Waals surface area contributed by atoms with Crippen LogP contribution in [0.2, 0.25) is 0 Å². The van der Waals surface area contributed by atoms with Crippen LogP contribution in [0.15, 0.2) is 54.6 Å².